The van der Waals surface area contributed by atoms with Crippen molar-refractivity contribution in [3.63, 3.8) is 0 Å². The summed E-state index contributed by atoms with van der Waals surface area (Å²) in [6.45, 7) is 3.46. The van der Waals surface area contributed by atoms with Gasteiger partial charge in [0, 0.05) is 31.1 Å². The fourth-order valence-corrected chi connectivity index (χ4v) is 6.86. The van der Waals surface area contributed by atoms with Crippen LogP contribution in [0.25, 0.3) is 0 Å². The number of rotatable bonds is 8. The Labute approximate surface area is 175 Å². The van der Waals surface area contributed by atoms with Crippen LogP contribution in [0.4, 0.5) is 0 Å². The van der Waals surface area contributed by atoms with Gasteiger partial charge in [-0.25, -0.2) is 8.42 Å². The molecule has 1 N–H and O–H groups in total. The molecule has 2 heterocycles. The summed E-state index contributed by atoms with van der Waals surface area (Å²) in [7, 11) is -3.48. The molecule has 1 aromatic carbocycles. The smallest absolute Gasteiger partial charge is 0.252 e. The average Bonchev–Trinajstić information content (AvgIpc) is 3.25. The van der Waals surface area contributed by atoms with E-state index in [1.807, 2.05) is 12.1 Å². The minimum Gasteiger partial charge on any atom is -0.355 e. The second kappa shape index (κ2) is 9.91. The van der Waals surface area contributed by atoms with E-state index in [0.717, 1.165) is 17.9 Å². The monoisotopic (exact) mass is 438 g/mol. The van der Waals surface area contributed by atoms with Gasteiger partial charge in [0.25, 0.3) is 10.0 Å². The van der Waals surface area contributed by atoms with Crippen molar-refractivity contribution in [2.75, 3.05) is 25.4 Å². The van der Waals surface area contributed by atoms with Crippen molar-refractivity contribution in [2.24, 2.45) is 5.92 Å². The van der Waals surface area contributed by atoms with E-state index >= 15 is 0 Å². The van der Waals surface area contributed by atoms with Crippen LogP contribution >= 0.6 is 23.1 Å². The van der Waals surface area contributed by atoms with Crippen molar-refractivity contribution in [2.45, 2.75) is 29.7 Å². The third-order valence-corrected chi connectivity index (χ3v) is 9.15. The van der Waals surface area contributed by atoms with Crippen LogP contribution in [-0.4, -0.2) is 44.0 Å². The predicted molar refractivity (Wildman–Crippen MR) is 116 cm³/mol. The first-order valence-electron chi connectivity index (χ1n) is 9.42. The zero-order valence-electron chi connectivity index (χ0n) is 16.0. The minimum atomic E-state index is -3.48. The number of aryl methyl sites for hydroxylation is 1. The van der Waals surface area contributed by atoms with Gasteiger partial charge in [0.15, 0.2) is 0 Å². The first-order valence-corrected chi connectivity index (χ1v) is 12.9. The van der Waals surface area contributed by atoms with Gasteiger partial charge in [-0.1, -0.05) is 30.3 Å². The van der Waals surface area contributed by atoms with Crippen LogP contribution in [0, 0.1) is 12.8 Å². The molecule has 1 atom stereocenters. The highest BCUT2D eigenvalue weighted by molar-refractivity contribution is 7.98. The molecular formula is C20H26N2O3S3. The van der Waals surface area contributed by atoms with Gasteiger partial charge >= 0.3 is 0 Å². The zero-order valence-corrected chi connectivity index (χ0v) is 18.4. The third-order valence-electron chi connectivity index (χ3n) is 4.91. The summed E-state index contributed by atoms with van der Waals surface area (Å²) in [5.74, 6) is 1.45. The summed E-state index contributed by atoms with van der Waals surface area (Å²) in [5, 5.41) is 4.74. The van der Waals surface area contributed by atoms with Gasteiger partial charge in [-0.2, -0.15) is 16.1 Å². The number of piperidine rings is 1. The van der Waals surface area contributed by atoms with Crippen LogP contribution < -0.4 is 5.32 Å². The summed E-state index contributed by atoms with van der Waals surface area (Å²) in [6, 6.07) is 11.7. The number of thiophene rings is 1. The van der Waals surface area contributed by atoms with E-state index in [1.165, 1.54) is 26.8 Å². The first kappa shape index (κ1) is 21.4. The Morgan fingerprint density at radius 3 is 2.86 bits per heavy atom. The van der Waals surface area contributed by atoms with Gasteiger partial charge in [0.2, 0.25) is 5.91 Å². The van der Waals surface area contributed by atoms with Gasteiger partial charge in [-0.15, -0.1) is 11.3 Å². The molecule has 152 valence electrons. The van der Waals surface area contributed by atoms with Gasteiger partial charge in [0.1, 0.15) is 4.21 Å². The molecule has 28 heavy (non-hydrogen) atoms. The second-order valence-corrected chi connectivity index (χ2v) is 11.1. The number of hydrogen-bond acceptors (Lipinski definition) is 5. The van der Waals surface area contributed by atoms with Crippen LogP contribution in [0.3, 0.4) is 0 Å². The molecule has 1 aliphatic rings. The molecule has 0 bridgehead atoms. The summed E-state index contributed by atoms with van der Waals surface area (Å²) in [4.78, 5) is 12.5. The molecule has 8 heteroatoms. The molecule has 1 aliphatic heterocycles. The number of amides is 1. The lowest BCUT2D eigenvalue weighted by Crippen LogP contribution is -2.45. The van der Waals surface area contributed by atoms with E-state index in [0.29, 0.717) is 23.7 Å². The highest BCUT2D eigenvalue weighted by atomic mass is 32.2. The Balaban J connectivity index is 1.44. The third kappa shape index (κ3) is 5.37. The second-order valence-electron chi connectivity index (χ2n) is 6.90. The molecule has 0 spiro atoms. The number of sulfonamides is 1. The van der Waals surface area contributed by atoms with Crippen molar-refractivity contribution in [3.05, 3.63) is 52.9 Å². The van der Waals surface area contributed by atoms with Gasteiger partial charge in [-0.05, 0) is 42.3 Å². The Hall–Kier alpha value is -1.35. The van der Waals surface area contributed by atoms with Gasteiger partial charge in [0.05, 0.1) is 5.92 Å². The summed E-state index contributed by atoms with van der Waals surface area (Å²) in [5.41, 5.74) is 2.61. The quantitative estimate of drug-likeness (QED) is 0.641. The number of carbonyl (C=O) groups excluding carboxylic acids is 1. The van der Waals surface area contributed by atoms with Crippen molar-refractivity contribution in [1.82, 2.24) is 9.62 Å². The molecule has 0 unspecified atom stereocenters. The predicted octanol–water partition coefficient (Wildman–Crippen LogP) is 3.51. The van der Waals surface area contributed by atoms with Crippen molar-refractivity contribution in [3.8, 4) is 0 Å². The molecule has 1 fully saturated rings. The molecular weight excluding hydrogens is 412 g/mol. The maximum atomic E-state index is 12.7. The molecule has 5 nitrogen and oxygen atoms in total. The molecule has 3 rings (SSSR count). The molecule has 0 radical (unpaired) electrons. The normalized spacial score (nSPS) is 18.1. The standard InChI is InChI=1S/C20H26N2O3S3/c1-16-6-2-3-7-18(16)15-26-13-10-21-20(23)17-8-4-11-22(14-17)28(24,25)19-9-5-12-27-19/h2-3,5-7,9,12,17H,4,8,10-11,13-15H2,1H3,(H,21,23)/t17-/m1/s1. The van der Waals surface area contributed by atoms with E-state index in [4.69, 9.17) is 0 Å². The molecule has 2 aromatic rings. The Morgan fingerprint density at radius 1 is 1.29 bits per heavy atom. The van der Waals surface area contributed by atoms with Crippen LogP contribution in [0.5, 0.6) is 0 Å². The summed E-state index contributed by atoms with van der Waals surface area (Å²) < 4.78 is 27.2. The maximum absolute atomic E-state index is 12.7. The minimum absolute atomic E-state index is 0.0393. The summed E-state index contributed by atoms with van der Waals surface area (Å²) >= 11 is 3.01. The Kier molecular flexibility index (Phi) is 7.56. The van der Waals surface area contributed by atoms with Gasteiger partial charge < -0.3 is 5.32 Å². The average molecular weight is 439 g/mol. The van der Waals surface area contributed by atoms with Crippen molar-refractivity contribution >= 4 is 39.0 Å². The van der Waals surface area contributed by atoms with Crippen LogP contribution in [0.1, 0.15) is 24.0 Å². The SMILES string of the molecule is Cc1ccccc1CSCCNC(=O)[C@@H]1CCCN(S(=O)(=O)c2cccs2)C1. The fourth-order valence-electron chi connectivity index (χ4n) is 3.26. The van der Waals surface area contributed by atoms with E-state index < -0.39 is 10.0 Å². The van der Waals surface area contributed by atoms with Gasteiger partial charge in [-0.3, -0.25) is 4.79 Å². The van der Waals surface area contributed by atoms with Crippen molar-refractivity contribution < 1.29 is 13.2 Å². The first-order chi connectivity index (χ1) is 13.5. The lowest BCUT2D eigenvalue weighted by molar-refractivity contribution is -0.125. The Morgan fingerprint density at radius 2 is 2.11 bits per heavy atom. The van der Waals surface area contributed by atoms with E-state index in [-0.39, 0.29) is 18.4 Å². The van der Waals surface area contributed by atoms with E-state index in [9.17, 15) is 13.2 Å². The topological polar surface area (TPSA) is 66.5 Å². The van der Waals surface area contributed by atoms with Crippen molar-refractivity contribution in [1.29, 1.82) is 0 Å². The number of thioether (sulfide) groups is 1. The molecule has 0 saturated carbocycles. The Bertz CT molecular complexity index is 882. The largest absolute Gasteiger partial charge is 0.355 e. The maximum Gasteiger partial charge on any atom is 0.252 e. The molecule has 0 aliphatic carbocycles. The van der Waals surface area contributed by atoms with Crippen LogP contribution in [0.2, 0.25) is 0 Å². The van der Waals surface area contributed by atoms with Crippen LogP contribution in [0.15, 0.2) is 46.0 Å². The zero-order chi connectivity index (χ0) is 20.0. The molecule has 1 aromatic heterocycles. The number of hydrogen-bond donors (Lipinski definition) is 1. The van der Waals surface area contributed by atoms with E-state index in [1.54, 1.807) is 29.3 Å². The lowest BCUT2D eigenvalue weighted by atomic mass is 9.99. The number of benzene rings is 1. The number of carbonyl (C=O) groups is 1. The number of nitrogens with zero attached hydrogens (tertiary/aromatic N) is 1. The van der Waals surface area contributed by atoms with Crippen LogP contribution in [-0.2, 0) is 20.6 Å². The summed E-state index contributed by atoms with van der Waals surface area (Å²) in [6.07, 6.45) is 1.45. The number of nitrogens with one attached hydrogen (secondary N) is 1. The highest BCUT2D eigenvalue weighted by Gasteiger charge is 2.33. The molecule has 1 amide bonds. The highest BCUT2D eigenvalue weighted by Crippen LogP contribution is 2.26. The fraction of sp³-hybridized carbons (Fsp3) is 0.450. The van der Waals surface area contributed by atoms with E-state index in [2.05, 4.69) is 24.4 Å². The molecule has 1 saturated heterocycles. The lowest BCUT2D eigenvalue weighted by Gasteiger charge is -2.30.